The first-order chi connectivity index (χ1) is 18.4. The van der Waals surface area contributed by atoms with Crippen molar-refractivity contribution in [3.63, 3.8) is 0 Å². The molecule has 0 aromatic heterocycles. The molecule has 3 rings (SSSR count). The molecule has 0 aliphatic carbocycles. The van der Waals surface area contributed by atoms with E-state index in [-0.39, 0.29) is 18.9 Å². The SMILES string of the molecule is CNC(=O)[C@H](Cc1ccccc1)N(Cc1ccc(C)cc1)C(=O)CN(c1cc(C)ccc1C)S(=O)(=O)N(C)C. The van der Waals surface area contributed by atoms with Crippen molar-refractivity contribution < 1.29 is 18.0 Å². The van der Waals surface area contributed by atoms with Gasteiger partial charge in [-0.25, -0.2) is 4.31 Å². The van der Waals surface area contributed by atoms with Gasteiger partial charge in [0.1, 0.15) is 12.6 Å². The van der Waals surface area contributed by atoms with Crippen molar-refractivity contribution in [2.45, 2.75) is 39.8 Å². The van der Waals surface area contributed by atoms with Crippen LogP contribution in [0.25, 0.3) is 0 Å². The van der Waals surface area contributed by atoms with Crippen LogP contribution in [-0.2, 0) is 32.8 Å². The van der Waals surface area contributed by atoms with Gasteiger partial charge >= 0.3 is 10.2 Å². The van der Waals surface area contributed by atoms with Crippen molar-refractivity contribution in [3.05, 3.63) is 101 Å². The van der Waals surface area contributed by atoms with Crippen molar-refractivity contribution in [1.82, 2.24) is 14.5 Å². The molecule has 8 nitrogen and oxygen atoms in total. The zero-order valence-corrected chi connectivity index (χ0v) is 24.3. The van der Waals surface area contributed by atoms with Crippen molar-refractivity contribution in [3.8, 4) is 0 Å². The summed E-state index contributed by atoms with van der Waals surface area (Å²) in [5.74, 6) is -0.806. The highest BCUT2D eigenvalue weighted by Crippen LogP contribution is 2.26. The van der Waals surface area contributed by atoms with Crippen LogP contribution >= 0.6 is 0 Å². The lowest BCUT2D eigenvalue weighted by Gasteiger charge is -2.34. The second-order valence-corrected chi connectivity index (χ2v) is 12.0. The van der Waals surface area contributed by atoms with Crippen molar-refractivity contribution >= 4 is 27.7 Å². The molecule has 39 heavy (non-hydrogen) atoms. The van der Waals surface area contributed by atoms with Gasteiger partial charge in [-0.1, -0.05) is 72.3 Å². The van der Waals surface area contributed by atoms with Gasteiger partial charge < -0.3 is 10.2 Å². The molecule has 1 atom stereocenters. The molecule has 0 bridgehead atoms. The van der Waals surface area contributed by atoms with Gasteiger partial charge in [0.2, 0.25) is 11.8 Å². The summed E-state index contributed by atoms with van der Waals surface area (Å²) in [5, 5.41) is 2.69. The molecule has 0 aliphatic rings. The Morgan fingerprint density at radius 1 is 0.846 bits per heavy atom. The Morgan fingerprint density at radius 2 is 1.46 bits per heavy atom. The van der Waals surface area contributed by atoms with E-state index in [1.807, 2.05) is 87.5 Å². The van der Waals surface area contributed by atoms with E-state index >= 15 is 0 Å². The normalized spacial score (nSPS) is 12.2. The number of nitrogens with one attached hydrogen (secondary N) is 1. The van der Waals surface area contributed by atoms with Gasteiger partial charge in [0.05, 0.1) is 5.69 Å². The lowest BCUT2D eigenvalue weighted by atomic mass is 10.0. The second-order valence-electron chi connectivity index (χ2n) is 9.91. The maximum Gasteiger partial charge on any atom is 0.304 e. The van der Waals surface area contributed by atoms with Gasteiger partial charge in [0, 0.05) is 34.1 Å². The third-order valence-electron chi connectivity index (χ3n) is 6.64. The number of benzene rings is 3. The lowest BCUT2D eigenvalue weighted by molar-refractivity contribution is -0.139. The van der Waals surface area contributed by atoms with Crippen LogP contribution in [-0.4, -0.2) is 63.2 Å². The summed E-state index contributed by atoms with van der Waals surface area (Å²) >= 11 is 0. The van der Waals surface area contributed by atoms with Crippen LogP contribution in [0.3, 0.4) is 0 Å². The number of hydrogen-bond acceptors (Lipinski definition) is 4. The minimum absolute atomic E-state index is 0.146. The summed E-state index contributed by atoms with van der Waals surface area (Å²) in [6.07, 6.45) is 0.280. The zero-order valence-electron chi connectivity index (χ0n) is 23.5. The molecule has 0 radical (unpaired) electrons. The molecule has 0 fully saturated rings. The van der Waals surface area contributed by atoms with Gasteiger partial charge in [0.25, 0.3) is 0 Å². The number of aryl methyl sites for hydroxylation is 3. The van der Waals surface area contributed by atoms with E-state index in [4.69, 9.17) is 0 Å². The summed E-state index contributed by atoms with van der Waals surface area (Å²) in [6.45, 7) is 5.34. The Kier molecular flexibility index (Phi) is 9.88. The van der Waals surface area contributed by atoms with Gasteiger partial charge in [-0.3, -0.25) is 9.59 Å². The van der Waals surface area contributed by atoms with E-state index in [0.717, 1.165) is 36.4 Å². The first-order valence-corrected chi connectivity index (χ1v) is 14.2. The fourth-order valence-corrected chi connectivity index (χ4v) is 5.41. The Hall–Kier alpha value is -3.69. The summed E-state index contributed by atoms with van der Waals surface area (Å²) in [6, 6.07) is 21.8. The smallest absolute Gasteiger partial charge is 0.304 e. The highest BCUT2D eigenvalue weighted by atomic mass is 32.2. The lowest BCUT2D eigenvalue weighted by Crippen LogP contribution is -2.54. The number of carbonyl (C=O) groups excluding carboxylic acids is 2. The molecule has 3 aromatic carbocycles. The average molecular weight is 551 g/mol. The fraction of sp³-hybridized carbons (Fsp3) is 0.333. The van der Waals surface area contributed by atoms with Crippen LogP contribution in [0.15, 0.2) is 72.8 Å². The molecule has 0 unspecified atom stereocenters. The Labute approximate surface area is 232 Å². The maximum atomic E-state index is 14.1. The van der Waals surface area contributed by atoms with Crippen LogP contribution in [0, 0.1) is 20.8 Å². The topological polar surface area (TPSA) is 90.0 Å². The Bertz CT molecular complexity index is 1390. The predicted octanol–water partition coefficient (Wildman–Crippen LogP) is 3.61. The van der Waals surface area contributed by atoms with E-state index in [1.54, 1.807) is 6.07 Å². The molecule has 9 heteroatoms. The van der Waals surface area contributed by atoms with E-state index in [9.17, 15) is 18.0 Å². The van der Waals surface area contributed by atoms with Crippen molar-refractivity contribution in [1.29, 1.82) is 0 Å². The molecule has 0 saturated heterocycles. The summed E-state index contributed by atoms with van der Waals surface area (Å²) in [4.78, 5) is 28.8. The van der Waals surface area contributed by atoms with Crippen LogP contribution in [0.5, 0.6) is 0 Å². The van der Waals surface area contributed by atoms with Crippen LogP contribution in [0.1, 0.15) is 27.8 Å². The number of amides is 2. The highest BCUT2D eigenvalue weighted by molar-refractivity contribution is 7.90. The molecule has 0 saturated carbocycles. The number of likely N-dealkylation sites (N-methyl/N-ethyl adjacent to an activating group) is 1. The molecule has 3 aromatic rings. The number of carbonyl (C=O) groups is 2. The molecular formula is C30H38N4O4S. The number of anilines is 1. The second kappa shape index (κ2) is 12.9. The van der Waals surface area contributed by atoms with E-state index in [0.29, 0.717) is 5.69 Å². The third kappa shape index (κ3) is 7.46. The number of rotatable bonds is 11. The molecular weight excluding hydrogens is 512 g/mol. The quantitative estimate of drug-likeness (QED) is 0.395. The number of nitrogens with zero attached hydrogens (tertiary/aromatic N) is 3. The van der Waals surface area contributed by atoms with Gasteiger partial charge in [0.15, 0.2) is 0 Å². The minimum Gasteiger partial charge on any atom is -0.357 e. The van der Waals surface area contributed by atoms with E-state index in [2.05, 4.69) is 5.32 Å². The van der Waals surface area contributed by atoms with E-state index in [1.165, 1.54) is 26.0 Å². The first kappa shape index (κ1) is 29.9. The Balaban J connectivity index is 2.09. The maximum absolute atomic E-state index is 14.1. The molecule has 0 aliphatic heterocycles. The van der Waals surface area contributed by atoms with Crippen LogP contribution in [0.4, 0.5) is 5.69 Å². The van der Waals surface area contributed by atoms with Crippen LogP contribution in [0.2, 0.25) is 0 Å². The van der Waals surface area contributed by atoms with Gasteiger partial charge in [-0.15, -0.1) is 0 Å². The van der Waals surface area contributed by atoms with Gasteiger partial charge in [-0.05, 0) is 49.1 Å². The largest absolute Gasteiger partial charge is 0.357 e. The summed E-state index contributed by atoms with van der Waals surface area (Å²) in [7, 11) is 0.376. The van der Waals surface area contributed by atoms with Crippen LogP contribution < -0.4 is 9.62 Å². The predicted molar refractivity (Wildman–Crippen MR) is 156 cm³/mol. The van der Waals surface area contributed by atoms with Crippen molar-refractivity contribution in [2.24, 2.45) is 0 Å². The standard InChI is InChI=1S/C30H38N4O4S/c1-22-13-16-26(17-14-22)20-33(28(30(36)31-4)19-25-10-8-7-9-11-25)29(35)21-34(39(37,38)32(5)6)27-18-23(2)12-15-24(27)3/h7-18,28H,19-21H2,1-6H3,(H,31,36)/t28-/m0/s1. The van der Waals surface area contributed by atoms with Crippen molar-refractivity contribution in [2.75, 3.05) is 32.0 Å². The summed E-state index contributed by atoms with van der Waals surface area (Å²) in [5.41, 5.74) is 4.81. The molecule has 2 amide bonds. The third-order valence-corrected chi connectivity index (χ3v) is 8.45. The molecule has 0 spiro atoms. The molecule has 0 heterocycles. The first-order valence-electron chi connectivity index (χ1n) is 12.8. The van der Waals surface area contributed by atoms with E-state index < -0.39 is 28.7 Å². The molecule has 208 valence electrons. The van der Waals surface area contributed by atoms with Gasteiger partial charge in [-0.2, -0.15) is 12.7 Å². The average Bonchev–Trinajstić information content (AvgIpc) is 2.91. The number of hydrogen-bond donors (Lipinski definition) is 1. The highest BCUT2D eigenvalue weighted by Gasteiger charge is 2.34. The fourth-order valence-electron chi connectivity index (χ4n) is 4.30. The Morgan fingerprint density at radius 3 is 2.05 bits per heavy atom. The molecule has 1 N–H and O–H groups in total. The summed E-state index contributed by atoms with van der Waals surface area (Å²) < 4.78 is 29.2. The zero-order chi connectivity index (χ0) is 28.7. The minimum atomic E-state index is -4.03. The monoisotopic (exact) mass is 550 g/mol.